The van der Waals surface area contributed by atoms with E-state index < -0.39 is 0 Å². The summed E-state index contributed by atoms with van der Waals surface area (Å²) in [6, 6.07) is 8.40. The SMILES string of the molecule is C[C@H](NC(=O)N1c2ccccc2C[C@@H]1C)[C@H]1CCCO1. The molecule has 1 saturated heterocycles. The minimum absolute atomic E-state index is 0.00884. The summed E-state index contributed by atoms with van der Waals surface area (Å²) in [5.74, 6) is 0. The van der Waals surface area contributed by atoms with Crippen molar-refractivity contribution >= 4 is 11.7 Å². The topological polar surface area (TPSA) is 41.6 Å². The molecule has 3 rings (SSSR count). The van der Waals surface area contributed by atoms with Crippen molar-refractivity contribution in [1.82, 2.24) is 5.32 Å². The van der Waals surface area contributed by atoms with Gasteiger partial charge in [-0.15, -0.1) is 0 Å². The minimum Gasteiger partial charge on any atom is -0.376 e. The van der Waals surface area contributed by atoms with E-state index in [-0.39, 0.29) is 24.2 Å². The Bertz CT molecular complexity index is 497. The highest BCUT2D eigenvalue weighted by molar-refractivity contribution is 5.95. The standard InChI is InChI=1S/C16H22N2O2/c1-11-10-13-6-3-4-7-14(13)18(11)16(19)17-12(2)15-8-5-9-20-15/h3-4,6-7,11-12,15H,5,8-10H2,1-2H3,(H,17,19)/t11-,12-,15+/m0/s1. The van der Waals surface area contributed by atoms with Gasteiger partial charge in [0, 0.05) is 18.3 Å². The first-order valence-corrected chi connectivity index (χ1v) is 7.46. The van der Waals surface area contributed by atoms with Crippen molar-refractivity contribution in [3.63, 3.8) is 0 Å². The van der Waals surface area contributed by atoms with Crippen molar-refractivity contribution in [3.8, 4) is 0 Å². The molecule has 0 spiro atoms. The van der Waals surface area contributed by atoms with Crippen LogP contribution in [0.5, 0.6) is 0 Å². The lowest BCUT2D eigenvalue weighted by Crippen LogP contribution is -2.49. The number of carbonyl (C=O) groups is 1. The normalized spacial score (nSPS) is 26.4. The average Bonchev–Trinajstić information content (AvgIpc) is 3.04. The molecule has 0 saturated carbocycles. The summed E-state index contributed by atoms with van der Waals surface area (Å²) >= 11 is 0. The van der Waals surface area contributed by atoms with E-state index in [1.807, 2.05) is 30.0 Å². The fourth-order valence-corrected chi connectivity index (χ4v) is 3.23. The highest BCUT2D eigenvalue weighted by atomic mass is 16.5. The van der Waals surface area contributed by atoms with Gasteiger partial charge in [0.1, 0.15) is 0 Å². The fourth-order valence-electron chi connectivity index (χ4n) is 3.23. The van der Waals surface area contributed by atoms with Gasteiger partial charge in [-0.2, -0.15) is 0 Å². The molecule has 1 aromatic carbocycles. The molecule has 108 valence electrons. The third-order valence-corrected chi connectivity index (χ3v) is 4.30. The molecule has 0 bridgehead atoms. The number of benzene rings is 1. The predicted molar refractivity (Wildman–Crippen MR) is 79.1 cm³/mol. The molecule has 0 radical (unpaired) electrons. The predicted octanol–water partition coefficient (Wildman–Crippen LogP) is 2.71. The summed E-state index contributed by atoms with van der Waals surface area (Å²) in [6.07, 6.45) is 3.21. The first-order chi connectivity index (χ1) is 9.66. The largest absolute Gasteiger partial charge is 0.376 e. The van der Waals surface area contributed by atoms with Crippen molar-refractivity contribution < 1.29 is 9.53 Å². The van der Waals surface area contributed by atoms with Crippen molar-refractivity contribution in [2.24, 2.45) is 0 Å². The molecular formula is C16H22N2O2. The van der Waals surface area contributed by atoms with E-state index in [0.29, 0.717) is 0 Å². The summed E-state index contributed by atoms with van der Waals surface area (Å²) in [5.41, 5.74) is 2.29. The number of rotatable bonds is 2. The summed E-state index contributed by atoms with van der Waals surface area (Å²) in [5, 5.41) is 3.10. The Morgan fingerprint density at radius 3 is 3.00 bits per heavy atom. The number of para-hydroxylation sites is 1. The van der Waals surface area contributed by atoms with Crippen LogP contribution < -0.4 is 10.2 Å². The van der Waals surface area contributed by atoms with Gasteiger partial charge in [0.25, 0.3) is 0 Å². The number of urea groups is 1. The van der Waals surface area contributed by atoms with Crippen LogP contribution in [0.3, 0.4) is 0 Å². The van der Waals surface area contributed by atoms with Crippen LogP contribution in [-0.4, -0.2) is 30.8 Å². The lowest BCUT2D eigenvalue weighted by atomic mass is 10.1. The Hall–Kier alpha value is -1.55. The number of hydrogen-bond donors (Lipinski definition) is 1. The van der Waals surface area contributed by atoms with Gasteiger partial charge >= 0.3 is 6.03 Å². The van der Waals surface area contributed by atoms with Gasteiger partial charge < -0.3 is 10.1 Å². The van der Waals surface area contributed by atoms with Crippen LogP contribution in [0, 0.1) is 0 Å². The Labute approximate surface area is 120 Å². The number of nitrogens with one attached hydrogen (secondary N) is 1. The molecule has 0 aliphatic carbocycles. The minimum atomic E-state index is -0.00884. The summed E-state index contributed by atoms with van der Waals surface area (Å²) in [7, 11) is 0. The number of ether oxygens (including phenoxy) is 1. The number of amides is 2. The molecule has 3 atom stereocenters. The maximum absolute atomic E-state index is 12.5. The molecule has 2 aliphatic rings. The van der Waals surface area contributed by atoms with Crippen LogP contribution in [-0.2, 0) is 11.2 Å². The van der Waals surface area contributed by atoms with Crippen LogP contribution in [0.15, 0.2) is 24.3 Å². The number of carbonyl (C=O) groups excluding carboxylic acids is 1. The van der Waals surface area contributed by atoms with Gasteiger partial charge in [-0.1, -0.05) is 18.2 Å². The van der Waals surface area contributed by atoms with E-state index in [0.717, 1.165) is 31.6 Å². The van der Waals surface area contributed by atoms with E-state index in [2.05, 4.69) is 18.3 Å². The zero-order chi connectivity index (χ0) is 14.1. The molecule has 0 unspecified atom stereocenters. The molecule has 2 amide bonds. The van der Waals surface area contributed by atoms with Gasteiger partial charge in [-0.25, -0.2) is 4.79 Å². The van der Waals surface area contributed by atoms with Crippen molar-refractivity contribution in [2.75, 3.05) is 11.5 Å². The molecule has 0 aromatic heterocycles. The Morgan fingerprint density at radius 1 is 1.45 bits per heavy atom. The first kappa shape index (κ1) is 13.4. The van der Waals surface area contributed by atoms with Crippen LogP contribution in [0.1, 0.15) is 32.3 Å². The zero-order valence-electron chi connectivity index (χ0n) is 12.1. The zero-order valence-corrected chi connectivity index (χ0v) is 12.1. The molecule has 1 fully saturated rings. The smallest absolute Gasteiger partial charge is 0.322 e. The van der Waals surface area contributed by atoms with Crippen molar-refractivity contribution in [1.29, 1.82) is 0 Å². The maximum Gasteiger partial charge on any atom is 0.322 e. The van der Waals surface area contributed by atoms with E-state index in [1.165, 1.54) is 5.56 Å². The van der Waals surface area contributed by atoms with Gasteiger partial charge in [0.2, 0.25) is 0 Å². The first-order valence-electron chi connectivity index (χ1n) is 7.46. The number of nitrogens with zero attached hydrogens (tertiary/aromatic N) is 1. The summed E-state index contributed by atoms with van der Waals surface area (Å²) in [6.45, 7) is 4.94. The second-order valence-electron chi connectivity index (χ2n) is 5.84. The maximum atomic E-state index is 12.5. The van der Waals surface area contributed by atoms with E-state index in [1.54, 1.807) is 0 Å². The summed E-state index contributed by atoms with van der Waals surface area (Å²) < 4.78 is 5.64. The second kappa shape index (κ2) is 5.44. The average molecular weight is 274 g/mol. The van der Waals surface area contributed by atoms with Crippen LogP contribution >= 0.6 is 0 Å². The van der Waals surface area contributed by atoms with Crippen LogP contribution in [0.4, 0.5) is 10.5 Å². The summed E-state index contributed by atoms with van der Waals surface area (Å²) in [4.78, 5) is 14.4. The fraction of sp³-hybridized carbons (Fsp3) is 0.562. The Kier molecular flexibility index (Phi) is 3.66. The molecular weight excluding hydrogens is 252 g/mol. The lowest BCUT2D eigenvalue weighted by molar-refractivity contribution is 0.0863. The van der Waals surface area contributed by atoms with E-state index in [9.17, 15) is 4.79 Å². The molecule has 4 heteroatoms. The van der Waals surface area contributed by atoms with Gasteiger partial charge in [-0.05, 0) is 44.7 Å². The van der Waals surface area contributed by atoms with E-state index >= 15 is 0 Å². The highest BCUT2D eigenvalue weighted by Gasteiger charge is 2.32. The van der Waals surface area contributed by atoms with Gasteiger partial charge in [0.05, 0.1) is 12.1 Å². The van der Waals surface area contributed by atoms with Crippen molar-refractivity contribution in [3.05, 3.63) is 29.8 Å². The van der Waals surface area contributed by atoms with Crippen molar-refractivity contribution in [2.45, 2.75) is 51.3 Å². The quantitative estimate of drug-likeness (QED) is 0.901. The Morgan fingerprint density at radius 2 is 2.25 bits per heavy atom. The number of anilines is 1. The molecule has 1 N–H and O–H groups in total. The molecule has 20 heavy (non-hydrogen) atoms. The molecule has 1 aromatic rings. The molecule has 2 aliphatic heterocycles. The second-order valence-corrected chi connectivity index (χ2v) is 5.84. The van der Waals surface area contributed by atoms with Crippen LogP contribution in [0.2, 0.25) is 0 Å². The molecule has 4 nitrogen and oxygen atoms in total. The third kappa shape index (κ3) is 2.40. The monoisotopic (exact) mass is 274 g/mol. The van der Waals surface area contributed by atoms with Gasteiger partial charge in [-0.3, -0.25) is 4.90 Å². The number of fused-ring (bicyclic) bond motifs is 1. The van der Waals surface area contributed by atoms with E-state index in [4.69, 9.17) is 4.74 Å². The molecule has 2 heterocycles. The number of hydrogen-bond acceptors (Lipinski definition) is 2. The third-order valence-electron chi connectivity index (χ3n) is 4.30. The van der Waals surface area contributed by atoms with Crippen LogP contribution in [0.25, 0.3) is 0 Å². The lowest BCUT2D eigenvalue weighted by Gasteiger charge is -2.27. The Balaban J connectivity index is 1.70. The van der Waals surface area contributed by atoms with Gasteiger partial charge in [0.15, 0.2) is 0 Å². The highest BCUT2D eigenvalue weighted by Crippen LogP contribution is 2.31.